The number of benzene rings is 1. The number of hydrogen-bond donors (Lipinski definition) is 1. The van der Waals surface area contributed by atoms with Crippen LogP contribution in [0.4, 0.5) is 18.0 Å². The summed E-state index contributed by atoms with van der Waals surface area (Å²) in [6.45, 7) is 2.45. The molecule has 0 bridgehead atoms. The van der Waals surface area contributed by atoms with Crippen molar-refractivity contribution < 1.29 is 32.2 Å². The molecule has 0 spiro atoms. The summed E-state index contributed by atoms with van der Waals surface area (Å²) in [5.41, 5.74) is -0.268. The van der Waals surface area contributed by atoms with Crippen LogP contribution < -0.4 is 5.32 Å². The molecule has 0 radical (unpaired) electrons. The minimum absolute atomic E-state index is 0.0967. The van der Waals surface area contributed by atoms with Gasteiger partial charge in [-0.05, 0) is 37.5 Å². The predicted octanol–water partition coefficient (Wildman–Crippen LogP) is 3.40. The summed E-state index contributed by atoms with van der Waals surface area (Å²) in [5.74, 6) is -0.711. The van der Waals surface area contributed by atoms with E-state index in [4.69, 9.17) is 9.47 Å². The van der Waals surface area contributed by atoms with Crippen LogP contribution in [0, 0.1) is 0 Å². The van der Waals surface area contributed by atoms with Crippen LogP contribution in [0.5, 0.6) is 0 Å². The first-order valence-corrected chi connectivity index (χ1v) is 8.88. The van der Waals surface area contributed by atoms with Crippen molar-refractivity contribution in [2.75, 3.05) is 20.3 Å². The summed E-state index contributed by atoms with van der Waals surface area (Å²) >= 11 is 0. The fourth-order valence-corrected chi connectivity index (χ4v) is 3.51. The Kier molecular flexibility index (Phi) is 5.64. The minimum atomic E-state index is -4.54. The van der Waals surface area contributed by atoms with E-state index in [0.717, 1.165) is 25.0 Å². The van der Waals surface area contributed by atoms with E-state index >= 15 is 0 Å². The Morgan fingerprint density at radius 1 is 1.39 bits per heavy atom. The van der Waals surface area contributed by atoms with Crippen LogP contribution in [0.25, 0.3) is 0 Å². The van der Waals surface area contributed by atoms with Gasteiger partial charge in [0.05, 0.1) is 36.9 Å². The SMILES string of the molecule is COC(=O)C1=C(C)N(C[C@@H]2CCCO2)C(=O)N[C@H]1c1cccc(C(F)(F)F)c1. The highest BCUT2D eigenvalue weighted by molar-refractivity contribution is 5.95. The number of urea groups is 1. The molecule has 0 saturated carbocycles. The van der Waals surface area contributed by atoms with E-state index in [0.29, 0.717) is 12.3 Å². The van der Waals surface area contributed by atoms with E-state index in [9.17, 15) is 22.8 Å². The molecule has 2 heterocycles. The lowest BCUT2D eigenvalue weighted by Gasteiger charge is -2.36. The quantitative estimate of drug-likeness (QED) is 0.790. The fraction of sp³-hybridized carbons (Fsp3) is 0.474. The summed E-state index contributed by atoms with van der Waals surface area (Å²) in [4.78, 5) is 26.5. The van der Waals surface area contributed by atoms with E-state index in [1.54, 1.807) is 6.92 Å². The third-order valence-electron chi connectivity index (χ3n) is 4.96. The molecule has 2 atom stereocenters. The molecular weight excluding hydrogens is 377 g/mol. The van der Waals surface area contributed by atoms with Gasteiger partial charge in [-0.25, -0.2) is 9.59 Å². The van der Waals surface area contributed by atoms with Gasteiger partial charge in [-0.1, -0.05) is 12.1 Å². The third-order valence-corrected chi connectivity index (χ3v) is 4.96. The van der Waals surface area contributed by atoms with Crippen molar-refractivity contribution in [3.63, 3.8) is 0 Å². The Balaban J connectivity index is 2.00. The molecule has 152 valence electrons. The van der Waals surface area contributed by atoms with Gasteiger partial charge in [-0.2, -0.15) is 13.2 Å². The zero-order chi connectivity index (χ0) is 20.5. The number of rotatable bonds is 4. The summed E-state index contributed by atoms with van der Waals surface area (Å²) in [6, 6.07) is 3.01. The van der Waals surface area contributed by atoms with Crippen LogP contribution in [0.15, 0.2) is 35.5 Å². The number of amides is 2. The predicted molar refractivity (Wildman–Crippen MR) is 93.1 cm³/mol. The maximum Gasteiger partial charge on any atom is 0.416 e. The van der Waals surface area contributed by atoms with Gasteiger partial charge >= 0.3 is 18.2 Å². The lowest BCUT2D eigenvalue weighted by molar-refractivity contribution is -0.137. The molecule has 3 rings (SSSR count). The second-order valence-electron chi connectivity index (χ2n) is 6.74. The van der Waals surface area contributed by atoms with Gasteiger partial charge in [0.1, 0.15) is 0 Å². The average molecular weight is 398 g/mol. The molecule has 28 heavy (non-hydrogen) atoms. The normalized spacial score (nSPS) is 23.0. The van der Waals surface area contributed by atoms with Gasteiger partial charge in [0, 0.05) is 12.3 Å². The molecule has 1 fully saturated rings. The molecule has 0 unspecified atom stereocenters. The molecule has 2 amide bonds. The molecule has 2 aliphatic heterocycles. The molecule has 0 aliphatic carbocycles. The standard InChI is InChI=1S/C19H21F3N2O4/c1-11-15(17(25)27-2)16(12-5-3-6-13(9-12)19(20,21)22)23-18(26)24(11)10-14-7-4-8-28-14/h3,5-6,9,14,16H,4,7-8,10H2,1-2H3,(H,23,26)/t14-,16-/m0/s1. The Hall–Kier alpha value is -2.55. The van der Waals surface area contributed by atoms with Crippen molar-refractivity contribution in [3.8, 4) is 0 Å². The molecule has 2 aliphatic rings. The maximum atomic E-state index is 13.1. The molecule has 1 saturated heterocycles. The number of alkyl halides is 3. The van der Waals surface area contributed by atoms with Crippen LogP contribution in [0.1, 0.15) is 36.9 Å². The highest BCUT2D eigenvalue weighted by Crippen LogP contribution is 2.35. The lowest BCUT2D eigenvalue weighted by Crippen LogP contribution is -2.50. The summed E-state index contributed by atoms with van der Waals surface area (Å²) < 4.78 is 49.6. The Bertz CT molecular complexity index is 801. The number of carbonyl (C=O) groups is 2. The summed E-state index contributed by atoms with van der Waals surface area (Å²) in [5, 5.41) is 2.64. The number of methoxy groups -OCH3 is 1. The zero-order valence-corrected chi connectivity index (χ0v) is 15.5. The number of carbonyl (C=O) groups excluding carboxylic acids is 2. The average Bonchev–Trinajstić information content (AvgIpc) is 3.17. The van der Waals surface area contributed by atoms with Gasteiger partial charge in [0.15, 0.2) is 0 Å². The topological polar surface area (TPSA) is 67.9 Å². The Morgan fingerprint density at radius 3 is 2.75 bits per heavy atom. The van der Waals surface area contributed by atoms with Gasteiger partial charge < -0.3 is 14.8 Å². The van der Waals surface area contributed by atoms with E-state index in [1.807, 2.05) is 0 Å². The minimum Gasteiger partial charge on any atom is -0.466 e. The van der Waals surface area contributed by atoms with E-state index in [2.05, 4.69) is 5.32 Å². The molecule has 1 N–H and O–H groups in total. The van der Waals surface area contributed by atoms with Gasteiger partial charge in [0.2, 0.25) is 0 Å². The van der Waals surface area contributed by atoms with Crippen molar-refractivity contribution in [2.24, 2.45) is 0 Å². The monoisotopic (exact) mass is 398 g/mol. The summed E-state index contributed by atoms with van der Waals surface area (Å²) in [6.07, 6.45) is -3.00. The number of hydrogen-bond acceptors (Lipinski definition) is 4. The second-order valence-corrected chi connectivity index (χ2v) is 6.74. The smallest absolute Gasteiger partial charge is 0.416 e. The molecule has 1 aromatic rings. The zero-order valence-electron chi connectivity index (χ0n) is 15.5. The van der Waals surface area contributed by atoms with Gasteiger partial charge in [-0.3, -0.25) is 4.90 Å². The Morgan fingerprint density at radius 2 is 2.14 bits per heavy atom. The molecule has 1 aromatic carbocycles. The highest BCUT2D eigenvalue weighted by atomic mass is 19.4. The van der Waals surface area contributed by atoms with Crippen molar-refractivity contribution in [2.45, 2.75) is 38.1 Å². The first kappa shape index (κ1) is 20.2. The maximum absolute atomic E-state index is 13.1. The number of nitrogens with one attached hydrogen (secondary N) is 1. The van der Waals surface area contributed by atoms with Crippen LogP contribution in [-0.2, 0) is 20.4 Å². The Labute approximate surface area is 160 Å². The number of ether oxygens (including phenoxy) is 2. The van der Waals surface area contributed by atoms with E-state index in [-0.39, 0.29) is 23.8 Å². The first-order valence-electron chi connectivity index (χ1n) is 8.88. The van der Waals surface area contributed by atoms with Gasteiger partial charge in [0.25, 0.3) is 0 Å². The van der Waals surface area contributed by atoms with E-state index < -0.39 is 29.8 Å². The van der Waals surface area contributed by atoms with Crippen LogP contribution in [-0.4, -0.2) is 43.3 Å². The number of nitrogens with zero attached hydrogens (tertiary/aromatic N) is 1. The van der Waals surface area contributed by atoms with Crippen LogP contribution in [0.3, 0.4) is 0 Å². The number of halogens is 3. The largest absolute Gasteiger partial charge is 0.466 e. The molecule has 0 aromatic heterocycles. The van der Waals surface area contributed by atoms with Crippen molar-refractivity contribution >= 4 is 12.0 Å². The summed E-state index contributed by atoms with van der Waals surface area (Å²) in [7, 11) is 1.19. The van der Waals surface area contributed by atoms with Crippen molar-refractivity contribution in [1.29, 1.82) is 0 Å². The number of esters is 1. The fourth-order valence-electron chi connectivity index (χ4n) is 3.51. The van der Waals surface area contributed by atoms with Crippen LogP contribution >= 0.6 is 0 Å². The second kappa shape index (κ2) is 7.83. The third kappa shape index (κ3) is 3.99. The van der Waals surface area contributed by atoms with Crippen molar-refractivity contribution in [3.05, 3.63) is 46.7 Å². The van der Waals surface area contributed by atoms with Crippen LogP contribution in [0.2, 0.25) is 0 Å². The number of allylic oxidation sites excluding steroid dienone is 1. The van der Waals surface area contributed by atoms with Crippen molar-refractivity contribution in [1.82, 2.24) is 10.2 Å². The molecule has 9 heteroatoms. The molecule has 6 nitrogen and oxygen atoms in total. The lowest BCUT2D eigenvalue weighted by atomic mass is 9.93. The van der Waals surface area contributed by atoms with E-state index in [1.165, 1.54) is 24.1 Å². The van der Waals surface area contributed by atoms with Gasteiger partial charge in [-0.15, -0.1) is 0 Å². The first-order chi connectivity index (χ1) is 13.2. The highest BCUT2D eigenvalue weighted by Gasteiger charge is 2.38. The molecular formula is C19H21F3N2O4.